The maximum Gasteiger partial charge on any atom is 0.335 e. The molecule has 3 aromatic heterocycles. The molecule has 260 valence electrons. The maximum absolute atomic E-state index is 13.4. The van der Waals surface area contributed by atoms with Gasteiger partial charge in [-0.15, -0.1) is 0 Å². The molecular weight excluding hydrogens is 657 g/mol. The van der Waals surface area contributed by atoms with Crippen LogP contribution in [0.5, 0.6) is 5.88 Å². The second-order valence-electron chi connectivity index (χ2n) is 14.2. The van der Waals surface area contributed by atoms with Gasteiger partial charge in [0.1, 0.15) is 17.9 Å². The van der Waals surface area contributed by atoms with Gasteiger partial charge in [0, 0.05) is 35.7 Å². The van der Waals surface area contributed by atoms with Crippen molar-refractivity contribution in [1.29, 1.82) is 0 Å². The summed E-state index contributed by atoms with van der Waals surface area (Å²) in [5, 5.41) is 13.0. The minimum Gasteiger partial charge on any atom is -0.478 e. The molecule has 0 amide bonds. The molecule has 0 saturated heterocycles. The van der Waals surface area contributed by atoms with Gasteiger partial charge in [-0.3, -0.25) is 0 Å². The Labute approximate surface area is 290 Å². The molecule has 0 spiro atoms. The summed E-state index contributed by atoms with van der Waals surface area (Å²) in [6, 6.07) is 14.6. The number of aryl methyl sites for hydroxylation is 2. The number of carboxylic acids is 1. The summed E-state index contributed by atoms with van der Waals surface area (Å²) >= 11 is 0. The number of hydrogen-bond donors (Lipinski definition) is 3. The number of hydrogen-bond acceptors (Lipinski definition) is 10. The minimum atomic E-state index is -4.24. The standard InChI is InChI=1S/C37H40N6O6S/c1-22-7-5-8-23(2)32(22)28-17-31(42-35(41-28)43-50(46,47)27-10-6-9-24(15-27)34(44)45)48-21-25(18-36(3)11-12-36)38-19-26-20-39-33-29(40-26)16-30(49-33)37(4)13-14-37/h5-10,15-17,20,25,38H,11-14,18-19,21H2,1-4H3,(H,44,45)(H,41,42,43). The molecule has 1 unspecified atom stereocenters. The van der Waals surface area contributed by atoms with E-state index in [4.69, 9.17) is 14.1 Å². The van der Waals surface area contributed by atoms with Crippen LogP contribution in [-0.4, -0.2) is 52.1 Å². The molecule has 3 heterocycles. The number of aromatic carboxylic acids is 1. The number of aromatic nitrogens is 4. The molecule has 2 aliphatic rings. The second-order valence-corrected chi connectivity index (χ2v) is 15.9. The fraction of sp³-hybridized carbons (Fsp3) is 0.378. The van der Waals surface area contributed by atoms with E-state index in [2.05, 4.69) is 38.8 Å². The smallest absolute Gasteiger partial charge is 0.335 e. The minimum absolute atomic E-state index is 0.0669. The molecule has 13 heteroatoms. The van der Waals surface area contributed by atoms with Crippen molar-refractivity contribution in [3.63, 3.8) is 0 Å². The SMILES string of the molecule is Cc1cccc(C)c1-c1cc(OCC(CC2(C)CC2)NCc2cnc3oc(C4(C)CC4)cc3n2)nc(NS(=O)(=O)c2cccc(C(=O)O)c2)n1. The lowest BCUT2D eigenvalue weighted by Gasteiger charge is -2.22. The first-order valence-corrected chi connectivity index (χ1v) is 18.2. The third-order valence-corrected chi connectivity index (χ3v) is 11.1. The van der Waals surface area contributed by atoms with Gasteiger partial charge in [-0.25, -0.2) is 32.9 Å². The number of anilines is 1. The Morgan fingerprint density at radius 2 is 1.74 bits per heavy atom. The Hall–Kier alpha value is -4.88. The molecule has 2 fully saturated rings. The lowest BCUT2D eigenvalue weighted by Crippen LogP contribution is -2.36. The van der Waals surface area contributed by atoms with E-state index in [0.29, 0.717) is 18.0 Å². The Bertz CT molecular complexity index is 2190. The molecule has 2 aromatic carbocycles. The van der Waals surface area contributed by atoms with Crippen molar-refractivity contribution in [2.45, 2.75) is 82.7 Å². The van der Waals surface area contributed by atoms with Crippen molar-refractivity contribution in [1.82, 2.24) is 25.3 Å². The molecule has 2 saturated carbocycles. The highest BCUT2D eigenvalue weighted by Crippen LogP contribution is 2.49. The normalized spacial score (nSPS) is 16.6. The highest BCUT2D eigenvalue weighted by atomic mass is 32.2. The van der Waals surface area contributed by atoms with Gasteiger partial charge in [0.25, 0.3) is 10.0 Å². The quantitative estimate of drug-likeness (QED) is 0.115. The van der Waals surface area contributed by atoms with E-state index in [0.717, 1.165) is 71.8 Å². The largest absolute Gasteiger partial charge is 0.478 e. The number of benzene rings is 2. The van der Waals surface area contributed by atoms with Crippen LogP contribution in [0, 0.1) is 19.3 Å². The summed E-state index contributed by atoms with van der Waals surface area (Å²) in [5.74, 6) is -0.294. The number of fused-ring (bicyclic) bond motifs is 1. The van der Waals surface area contributed by atoms with Crippen LogP contribution < -0.4 is 14.8 Å². The first kappa shape index (κ1) is 33.6. The highest BCUT2D eigenvalue weighted by molar-refractivity contribution is 7.92. The lowest BCUT2D eigenvalue weighted by molar-refractivity contribution is 0.0696. The fourth-order valence-electron chi connectivity index (χ4n) is 6.18. The average molecular weight is 697 g/mol. The predicted octanol–water partition coefficient (Wildman–Crippen LogP) is 6.57. The van der Waals surface area contributed by atoms with Crippen LogP contribution in [0.1, 0.15) is 78.9 Å². The number of furan rings is 1. The first-order chi connectivity index (χ1) is 23.8. The van der Waals surface area contributed by atoms with Gasteiger partial charge < -0.3 is 19.6 Å². The van der Waals surface area contributed by atoms with Gasteiger partial charge in [0.2, 0.25) is 17.5 Å². The molecular formula is C37H40N6O6S. The van der Waals surface area contributed by atoms with Gasteiger partial charge in [-0.05, 0) is 80.7 Å². The van der Waals surface area contributed by atoms with E-state index in [9.17, 15) is 18.3 Å². The van der Waals surface area contributed by atoms with Crippen LogP contribution in [0.3, 0.4) is 0 Å². The van der Waals surface area contributed by atoms with Gasteiger partial charge in [0.05, 0.1) is 28.0 Å². The van der Waals surface area contributed by atoms with E-state index in [1.807, 2.05) is 38.1 Å². The highest BCUT2D eigenvalue weighted by Gasteiger charge is 2.42. The van der Waals surface area contributed by atoms with Gasteiger partial charge >= 0.3 is 5.97 Å². The van der Waals surface area contributed by atoms with Crippen molar-refractivity contribution in [3.05, 3.63) is 88.9 Å². The molecule has 5 aromatic rings. The van der Waals surface area contributed by atoms with Crippen LogP contribution in [0.4, 0.5) is 5.95 Å². The van der Waals surface area contributed by atoms with E-state index in [-0.39, 0.29) is 45.8 Å². The average Bonchev–Trinajstić information content (AvgIpc) is 3.96. The number of sulfonamides is 1. The second kappa shape index (κ2) is 12.8. The zero-order chi connectivity index (χ0) is 35.3. The van der Waals surface area contributed by atoms with Crippen LogP contribution in [0.25, 0.3) is 22.5 Å². The number of nitrogens with one attached hydrogen (secondary N) is 2. The van der Waals surface area contributed by atoms with Crippen LogP contribution in [0.2, 0.25) is 0 Å². The Morgan fingerprint density at radius 1 is 1.00 bits per heavy atom. The van der Waals surface area contributed by atoms with Gasteiger partial charge in [-0.1, -0.05) is 38.1 Å². The predicted molar refractivity (Wildman–Crippen MR) is 188 cm³/mol. The zero-order valence-corrected chi connectivity index (χ0v) is 29.3. The van der Waals surface area contributed by atoms with E-state index in [1.165, 1.54) is 18.2 Å². The molecule has 50 heavy (non-hydrogen) atoms. The van der Waals surface area contributed by atoms with Crippen molar-refractivity contribution < 1.29 is 27.5 Å². The first-order valence-electron chi connectivity index (χ1n) is 16.7. The third kappa shape index (κ3) is 7.34. The van der Waals surface area contributed by atoms with E-state index in [1.54, 1.807) is 12.3 Å². The van der Waals surface area contributed by atoms with Crippen LogP contribution >= 0.6 is 0 Å². The summed E-state index contributed by atoms with van der Waals surface area (Å²) in [4.78, 5) is 29.6. The molecule has 0 aliphatic heterocycles. The fourth-order valence-corrected chi connectivity index (χ4v) is 7.17. The lowest BCUT2D eigenvalue weighted by atomic mass is 9.99. The van der Waals surface area contributed by atoms with Crippen molar-refractivity contribution in [2.75, 3.05) is 11.3 Å². The van der Waals surface area contributed by atoms with E-state index >= 15 is 0 Å². The molecule has 0 bridgehead atoms. The number of ether oxygens (including phenoxy) is 1. The topological polar surface area (TPSA) is 169 Å². The maximum atomic E-state index is 13.4. The Morgan fingerprint density at radius 3 is 2.44 bits per heavy atom. The monoisotopic (exact) mass is 696 g/mol. The molecule has 7 rings (SSSR count). The van der Waals surface area contributed by atoms with Gasteiger partial charge in [0.15, 0.2) is 0 Å². The molecule has 12 nitrogen and oxygen atoms in total. The molecule has 1 atom stereocenters. The number of carboxylic acid groups (broad SMARTS) is 1. The van der Waals surface area contributed by atoms with Crippen LogP contribution in [-0.2, 0) is 22.0 Å². The Kier molecular flexibility index (Phi) is 8.59. The third-order valence-electron chi connectivity index (χ3n) is 9.79. The van der Waals surface area contributed by atoms with Crippen molar-refractivity contribution in [2.24, 2.45) is 5.41 Å². The molecule has 0 radical (unpaired) electrons. The summed E-state index contributed by atoms with van der Waals surface area (Å²) < 4.78 is 41.6. The zero-order valence-electron chi connectivity index (χ0n) is 28.5. The Balaban J connectivity index is 1.14. The summed E-state index contributed by atoms with van der Waals surface area (Å²) in [6.45, 7) is 9.10. The van der Waals surface area contributed by atoms with E-state index < -0.39 is 16.0 Å². The van der Waals surface area contributed by atoms with Crippen molar-refractivity contribution in [3.8, 4) is 17.1 Å². The van der Waals surface area contributed by atoms with Crippen LogP contribution in [0.15, 0.2) is 70.1 Å². The number of rotatable bonds is 14. The molecule has 2 aliphatic carbocycles. The summed E-state index contributed by atoms with van der Waals surface area (Å²) in [5.41, 5.74) is 5.46. The number of nitrogens with zero attached hydrogens (tertiary/aromatic N) is 4. The molecule has 3 N–H and O–H groups in total. The summed E-state index contributed by atoms with van der Waals surface area (Å²) in [6.07, 6.45) is 7.08. The number of carbonyl (C=O) groups is 1. The summed E-state index contributed by atoms with van der Waals surface area (Å²) in [7, 11) is -4.24. The van der Waals surface area contributed by atoms with Gasteiger partial charge in [-0.2, -0.15) is 4.98 Å². The van der Waals surface area contributed by atoms with Crippen molar-refractivity contribution >= 4 is 33.2 Å².